The molecule has 0 amide bonds. The molecule has 1 spiro atoms. The molecular weight excluding hydrogens is 367 g/mol. The summed E-state index contributed by atoms with van der Waals surface area (Å²) in [6, 6.07) is 3.81. The van der Waals surface area contributed by atoms with Gasteiger partial charge in [0.05, 0.1) is 21.3 Å². The second-order valence-corrected chi connectivity index (χ2v) is 7.56. The number of rotatable bonds is 1. The van der Waals surface area contributed by atoms with Gasteiger partial charge >= 0.3 is 0 Å². The zero-order valence-corrected chi connectivity index (χ0v) is 14.1. The minimum atomic E-state index is 0.179. The molecule has 0 aromatic heterocycles. The Kier molecular flexibility index (Phi) is 4.05. The summed E-state index contributed by atoms with van der Waals surface area (Å²) in [6.45, 7) is 0. The molecule has 1 aromatic carbocycles. The van der Waals surface area contributed by atoms with Crippen LogP contribution in [0.25, 0.3) is 0 Å². The second kappa shape index (κ2) is 5.47. The first-order chi connectivity index (χ1) is 9.10. The summed E-state index contributed by atoms with van der Waals surface area (Å²) in [6.07, 6.45) is 5.00. The molecule has 1 N–H and O–H groups in total. The van der Waals surface area contributed by atoms with E-state index in [2.05, 4.69) is 21.2 Å². The van der Waals surface area contributed by atoms with Crippen LogP contribution in [0.15, 0.2) is 21.6 Å². The van der Waals surface area contributed by atoms with E-state index in [-0.39, 0.29) is 5.54 Å². The Morgan fingerprint density at radius 3 is 2.68 bits per heavy atom. The van der Waals surface area contributed by atoms with Crippen molar-refractivity contribution >= 4 is 61.7 Å². The summed E-state index contributed by atoms with van der Waals surface area (Å²) in [5.74, 6) is 1.08. The molecule has 1 saturated carbocycles. The van der Waals surface area contributed by atoms with E-state index in [4.69, 9.17) is 28.2 Å². The van der Waals surface area contributed by atoms with Crippen LogP contribution >= 0.6 is 50.9 Å². The molecule has 1 aliphatic carbocycles. The van der Waals surface area contributed by atoms with Crippen molar-refractivity contribution < 1.29 is 0 Å². The van der Waals surface area contributed by atoms with Gasteiger partial charge in [-0.1, -0.05) is 47.8 Å². The van der Waals surface area contributed by atoms with Crippen molar-refractivity contribution in [2.75, 3.05) is 11.1 Å². The lowest BCUT2D eigenvalue weighted by Crippen LogP contribution is -2.21. The number of aliphatic imine (C=N–C) groups is 1. The quantitative estimate of drug-likeness (QED) is 0.643. The van der Waals surface area contributed by atoms with Crippen molar-refractivity contribution in [3.05, 3.63) is 26.7 Å². The number of thioether (sulfide) groups is 1. The van der Waals surface area contributed by atoms with E-state index >= 15 is 0 Å². The number of anilines is 1. The van der Waals surface area contributed by atoms with E-state index < -0.39 is 0 Å². The molecule has 102 valence electrons. The van der Waals surface area contributed by atoms with Crippen LogP contribution in [0.1, 0.15) is 25.7 Å². The van der Waals surface area contributed by atoms with E-state index in [0.29, 0.717) is 10.0 Å². The van der Waals surface area contributed by atoms with Crippen LogP contribution in [0.4, 0.5) is 5.69 Å². The molecule has 19 heavy (non-hydrogen) atoms. The first-order valence-corrected chi connectivity index (χ1v) is 8.76. The third kappa shape index (κ3) is 2.78. The van der Waals surface area contributed by atoms with Gasteiger partial charge in [-0.3, -0.25) is 4.99 Å². The topological polar surface area (TPSA) is 24.4 Å². The first kappa shape index (κ1) is 14.1. The van der Waals surface area contributed by atoms with Crippen LogP contribution in [0.5, 0.6) is 0 Å². The normalized spacial score (nSPS) is 20.9. The number of amidine groups is 1. The third-order valence-corrected chi connectivity index (χ3v) is 6.55. The summed E-state index contributed by atoms with van der Waals surface area (Å²) in [7, 11) is 0. The lowest BCUT2D eigenvalue weighted by Gasteiger charge is -2.16. The highest BCUT2D eigenvalue weighted by Gasteiger charge is 2.38. The highest BCUT2D eigenvalue weighted by atomic mass is 79.9. The minimum Gasteiger partial charge on any atom is -0.334 e. The average molecular weight is 380 g/mol. The fraction of sp³-hybridized carbons (Fsp3) is 0.462. The average Bonchev–Trinajstić information content (AvgIpc) is 3.01. The third-order valence-electron chi connectivity index (χ3n) is 3.63. The predicted octanol–water partition coefficient (Wildman–Crippen LogP) is 5.58. The van der Waals surface area contributed by atoms with Gasteiger partial charge in [0.25, 0.3) is 0 Å². The zero-order valence-electron chi connectivity index (χ0n) is 10.2. The van der Waals surface area contributed by atoms with Gasteiger partial charge in [0.15, 0.2) is 5.17 Å². The van der Waals surface area contributed by atoms with Crippen LogP contribution in [0.2, 0.25) is 10.0 Å². The molecule has 0 atom stereocenters. The number of hydrogen-bond acceptors (Lipinski definition) is 3. The molecular formula is C13H13BrCl2N2S. The Morgan fingerprint density at radius 2 is 1.95 bits per heavy atom. The van der Waals surface area contributed by atoms with Gasteiger partial charge in [0.2, 0.25) is 0 Å². The van der Waals surface area contributed by atoms with Crippen LogP contribution in [0, 0.1) is 0 Å². The fourth-order valence-corrected chi connectivity index (χ4v) is 4.59. The van der Waals surface area contributed by atoms with Crippen LogP contribution in [-0.4, -0.2) is 16.5 Å². The zero-order chi connectivity index (χ0) is 13.5. The fourth-order valence-electron chi connectivity index (χ4n) is 2.57. The Balaban J connectivity index is 1.81. The molecule has 1 aromatic rings. The van der Waals surface area contributed by atoms with Crippen molar-refractivity contribution in [2.45, 2.75) is 31.2 Å². The van der Waals surface area contributed by atoms with E-state index in [9.17, 15) is 0 Å². The van der Waals surface area contributed by atoms with E-state index in [1.807, 2.05) is 12.1 Å². The molecule has 0 bridgehead atoms. The van der Waals surface area contributed by atoms with Crippen molar-refractivity contribution in [1.82, 2.24) is 0 Å². The number of nitrogens with zero attached hydrogens (tertiary/aromatic N) is 1. The second-order valence-electron chi connectivity index (χ2n) is 4.98. The van der Waals surface area contributed by atoms with E-state index in [1.54, 1.807) is 11.8 Å². The van der Waals surface area contributed by atoms with Gasteiger partial charge in [0.1, 0.15) is 0 Å². The molecule has 2 aliphatic rings. The first-order valence-electron chi connectivity index (χ1n) is 6.23. The standard InChI is InChI=1S/C13H13BrCl2N2S/c14-8-3-4-9(11(16)10(8)15)17-12-18-13(7-19-12)5-1-2-6-13/h3-4H,1-2,5-7H2,(H,17,18). The van der Waals surface area contributed by atoms with Crippen LogP contribution in [-0.2, 0) is 0 Å². The Morgan fingerprint density at radius 1 is 1.21 bits per heavy atom. The highest BCUT2D eigenvalue weighted by Crippen LogP contribution is 2.42. The highest BCUT2D eigenvalue weighted by molar-refractivity contribution is 9.10. The maximum atomic E-state index is 6.24. The van der Waals surface area contributed by atoms with Crippen molar-refractivity contribution in [3.63, 3.8) is 0 Å². The summed E-state index contributed by atoms with van der Waals surface area (Å²) >= 11 is 17.5. The molecule has 1 heterocycles. The summed E-state index contributed by atoms with van der Waals surface area (Å²) in [5.41, 5.74) is 0.995. The number of benzene rings is 1. The van der Waals surface area contributed by atoms with Crippen LogP contribution in [0.3, 0.4) is 0 Å². The van der Waals surface area contributed by atoms with Gasteiger partial charge in [-0.05, 0) is 40.9 Å². The monoisotopic (exact) mass is 378 g/mol. The lowest BCUT2D eigenvalue weighted by molar-refractivity contribution is 0.508. The summed E-state index contributed by atoms with van der Waals surface area (Å²) in [5, 5.41) is 5.33. The summed E-state index contributed by atoms with van der Waals surface area (Å²) in [4.78, 5) is 4.86. The number of halogens is 3. The summed E-state index contributed by atoms with van der Waals surface area (Å²) < 4.78 is 0.804. The molecule has 2 nitrogen and oxygen atoms in total. The molecule has 0 unspecified atom stereocenters. The number of nitrogens with one attached hydrogen (secondary N) is 1. The maximum Gasteiger partial charge on any atom is 0.161 e. The molecule has 1 aliphatic heterocycles. The van der Waals surface area contributed by atoms with Crippen LogP contribution < -0.4 is 5.32 Å². The van der Waals surface area contributed by atoms with E-state index in [1.165, 1.54) is 25.7 Å². The Labute approximate surface area is 135 Å². The van der Waals surface area contributed by atoms with Gasteiger partial charge in [-0.25, -0.2) is 0 Å². The molecule has 6 heteroatoms. The molecule has 3 rings (SSSR count). The Bertz CT molecular complexity index is 542. The Hall–Kier alpha value is 0.1000. The van der Waals surface area contributed by atoms with Gasteiger partial charge in [-0.15, -0.1) is 0 Å². The largest absolute Gasteiger partial charge is 0.334 e. The van der Waals surface area contributed by atoms with Crippen molar-refractivity contribution in [2.24, 2.45) is 4.99 Å². The van der Waals surface area contributed by atoms with Crippen molar-refractivity contribution in [3.8, 4) is 0 Å². The molecule has 0 saturated heterocycles. The van der Waals surface area contributed by atoms with E-state index in [0.717, 1.165) is 21.1 Å². The predicted molar refractivity (Wildman–Crippen MR) is 88.9 cm³/mol. The SMILES string of the molecule is Clc1c(Br)ccc(NC2=NC3(CCCC3)CS2)c1Cl. The van der Waals surface area contributed by atoms with Gasteiger partial charge in [-0.2, -0.15) is 0 Å². The van der Waals surface area contributed by atoms with Gasteiger partial charge in [0, 0.05) is 10.2 Å². The smallest absolute Gasteiger partial charge is 0.161 e. The van der Waals surface area contributed by atoms with Gasteiger partial charge < -0.3 is 5.32 Å². The lowest BCUT2D eigenvalue weighted by atomic mass is 10.0. The maximum absolute atomic E-state index is 6.24. The minimum absolute atomic E-state index is 0.179. The molecule has 1 fully saturated rings. The number of hydrogen-bond donors (Lipinski definition) is 1. The van der Waals surface area contributed by atoms with Crippen molar-refractivity contribution in [1.29, 1.82) is 0 Å². The molecule has 0 radical (unpaired) electrons.